The van der Waals surface area contributed by atoms with E-state index in [4.69, 9.17) is 4.74 Å². The number of hydrogen-bond acceptors (Lipinski definition) is 5. The Hall–Kier alpha value is -2.51. The molecule has 0 fully saturated rings. The molecule has 5 nitrogen and oxygen atoms in total. The average Bonchev–Trinajstić information content (AvgIpc) is 3.24. The van der Waals surface area contributed by atoms with Gasteiger partial charge in [0.05, 0.1) is 11.1 Å². The summed E-state index contributed by atoms with van der Waals surface area (Å²) in [5.74, 6) is 1.37. The lowest BCUT2D eigenvalue weighted by atomic mass is 10.2. The maximum atomic E-state index is 12.7. The molecule has 0 bridgehead atoms. The van der Waals surface area contributed by atoms with Crippen LogP contribution in [0.2, 0.25) is 0 Å². The molecule has 0 saturated carbocycles. The molecule has 0 aliphatic rings. The summed E-state index contributed by atoms with van der Waals surface area (Å²) in [5, 5.41) is 4.40. The summed E-state index contributed by atoms with van der Waals surface area (Å²) in [6.45, 7) is 2.85. The second kappa shape index (κ2) is 8.24. The van der Waals surface area contributed by atoms with Gasteiger partial charge >= 0.3 is 0 Å². The van der Waals surface area contributed by atoms with Crippen molar-refractivity contribution >= 4 is 38.3 Å². The number of thiazole rings is 1. The summed E-state index contributed by atoms with van der Waals surface area (Å²) in [6.07, 6.45) is 4.00. The third kappa shape index (κ3) is 4.00. The number of ether oxygens (including phenoxy) is 1. The van der Waals surface area contributed by atoms with E-state index in [-0.39, 0.29) is 5.56 Å². The molecule has 0 spiro atoms. The number of hydrogen-bond donors (Lipinski definition) is 0. The highest BCUT2D eigenvalue weighted by Gasteiger charge is 2.12. The molecule has 7 heteroatoms. The maximum absolute atomic E-state index is 12.7. The zero-order valence-electron chi connectivity index (χ0n) is 15.3. The van der Waals surface area contributed by atoms with Crippen LogP contribution in [0.3, 0.4) is 0 Å². The van der Waals surface area contributed by atoms with Gasteiger partial charge in [-0.1, -0.05) is 52.7 Å². The Morgan fingerprint density at radius 3 is 2.57 bits per heavy atom. The van der Waals surface area contributed by atoms with Crippen molar-refractivity contribution in [2.75, 3.05) is 6.61 Å². The smallest absolute Gasteiger partial charge is 0.291 e. The summed E-state index contributed by atoms with van der Waals surface area (Å²) in [5.41, 5.74) is 1.67. The lowest BCUT2D eigenvalue weighted by molar-refractivity contribution is 0.309. The van der Waals surface area contributed by atoms with Crippen LogP contribution in [0.1, 0.15) is 25.3 Å². The molecule has 4 rings (SSSR count). The first-order valence-electron chi connectivity index (χ1n) is 9.04. The van der Waals surface area contributed by atoms with Crippen LogP contribution in [0.4, 0.5) is 0 Å². The fourth-order valence-corrected chi connectivity index (χ4v) is 3.87. The molecule has 28 heavy (non-hydrogen) atoms. The number of halogens is 1. The van der Waals surface area contributed by atoms with Crippen molar-refractivity contribution in [1.29, 1.82) is 0 Å². The number of nitrogens with zero attached hydrogens (tertiary/aromatic N) is 3. The van der Waals surface area contributed by atoms with E-state index in [0.717, 1.165) is 34.2 Å². The topological polar surface area (TPSA) is 56.5 Å². The van der Waals surface area contributed by atoms with Gasteiger partial charge in [0.2, 0.25) is 4.96 Å². The summed E-state index contributed by atoms with van der Waals surface area (Å²) < 4.78 is 8.67. The highest BCUT2D eigenvalue weighted by atomic mass is 79.9. The Bertz CT molecular complexity index is 1200. The summed E-state index contributed by atoms with van der Waals surface area (Å²) >= 11 is 4.75. The minimum Gasteiger partial charge on any atom is -0.494 e. The molecular formula is C21H18BrN3O2S. The normalized spacial score (nSPS) is 12.0. The third-order valence-electron chi connectivity index (χ3n) is 4.23. The minimum atomic E-state index is -0.152. The molecule has 142 valence electrons. The van der Waals surface area contributed by atoms with Crippen molar-refractivity contribution in [3.05, 3.63) is 73.5 Å². The average molecular weight is 456 g/mol. The number of aromatic nitrogens is 3. The molecule has 0 aliphatic carbocycles. The highest BCUT2D eigenvalue weighted by molar-refractivity contribution is 9.10. The lowest BCUT2D eigenvalue weighted by Crippen LogP contribution is -2.23. The highest BCUT2D eigenvalue weighted by Crippen LogP contribution is 2.20. The van der Waals surface area contributed by atoms with E-state index >= 15 is 0 Å². The second-order valence-electron chi connectivity index (χ2n) is 6.32. The van der Waals surface area contributed by atoms with Gasteiger partial charge in [0.1, 0.15) is 5.75 Å². The molecule has 0 radical (unpaired) electrons. The second-order valence-corrected chi connectivity index (χ2v) is 8.25. The third-order valence-corrected chi connectivity index (χ3v) is 5.72. The molecule has 0 saturated heterocycles. The van der Waals surface area contributed by atoms with Crippen LogP contribution in [0.5, 0.6) is 5.75 Å². The van der Waals surface area contributed by atoms with Gasteiger partial charge < -0.3 is 4.74 Å². The molecular weight excluding hydrogens is 438 g/mol. The van der Waals surface area contributed by atoms with E-state index < -0.39 is 0 Å². The lowest BCUT2D eigenvalue weighted by Gasteiger charge is -2.05. The Morgan fingerprint density at radius 1 is 1.14 bits per heavy atom. The first kappa shape index (κ1) is 18.8. The standard InChI is InChI=1S/C21H18BrN3O2S/c1-2-3-12-27-17-10-6-15(7-11-17)19-23-21-25(24-19)20(26)18(28-21)13-14-4-8-16(22)9-5-14/h4-11,13H,2-3,12H2,1H3/b18-13+. The zero-order valence-corrected chi connectivity index (χ0v) is 17.7. The van der Waals surface area contributed by atoms with Gasteiger partial charge in [-0.15, -0.1) is 5.10 Å². The molecule has 4 aromatic rings. The predicted octanol–water partition coefficient (Wildman–Crippen LogP) is 4.31. The van der Waals surface area contributed by atoms with Gasteiger partial charge in [-0.05, 0) is 54.5 Å². The van der Waals surface area contributed by atoms with Crippen molar-refractivity contribution in [3.8, 4) is 17.1 Å². The van der Waals surface area contributed by atoms with Crippen LogP contribution in [0.15, 0.2) is 57.8 Å². The molecule has 0 amide bonds. The Labute approximate surface area is 174 Å². The van der Waals surface area contributed by atoms with Crippen molar-refractivity contribution in [1.82, 2.24) is 14.6 Å². The fourth-order valence-electron chi connectivity index (χ4n) is 2.70. The summed E-state index contributed by atoms with van der Waals surface area (Å²) in [7, 11) is 0. The van der Waals surface area contributed by atoms with Crippen LogP contribution >= 0.6 is 27.3 Å². The van der Waals surface area contributed by atoms with Crippen LogP contribution in [0, 0.1) is 0 Å². The van der Waals surface area contributed by atoms with Crippen LogP contribution in [-0.4, -0.2) is 21.2 Å². The van der Waals surface area contributed by atoms with Crippen molar-refractivity contribution in [2.24, 2.45) is 0 Å². The van der Waals surface area contributed by atoms with Crippen molar-refractivity contribution in [2.45, 2.75) is 19.8 Å². The fraction of sp³-hybridized carbons (Fsp3) is 0.190. The number of rotatable bonds is 6. The molecule has 2 aromatic carbocycles. The van der Waals surface area contributed by atoms with Gasteiger partial charge in [0, 0.05) is 10.0 Å². The predicted molar refractivity (Wildman–Crippen MR) is 116 cm³/mol. The Kier molecular flexibility index (Phi) is 5.54. The minimum absolute atomic E-state index is 0.152. The van der Waals surface area contributed by atoms with Crippen molar-refractivity contribution in [3.63, 3.8) is 0 Å². The first-order valence-corrected chi connectivity index (χ1v) is 10.6. The van der Waals surface area contributed by atoms with Gasteiger partial charge in [-0.3, -0.25) is 4.79 Å². The van der Waals surface area contributed by atoms with E-state index in [2.05, 4.69) is 32.9 Å². The molecule has 0 N–H and O–H groups in total. The first-order chi connectivity index (χ1) is 13.6. The summed E-state index contributed by atoms with van der Waals surface area (Å²) in [4.78, 5) is 17.8. The molecule has 2 heterocycles. The SMILES string of the molecule is CCCCOc1ccc(-c2nc3s/c(=C/c4ccc(Br)cc4)c(=O)n3n2)cc1. The van der Waals surface area contributed by atoms with Crippen LogP contribution in [0.25, 0.3) is 22.4 Å². The van der Waals surface area contributed by atoms with Gasteiger partial charge in [-0.25, -0.2) is 0 Å². The monoisotopic (exact) mass is 455 g/mol. The molecule has 0 aliphatic heterocycles. The number of benzene rings is 2. The quantitative estimate of drug-likeness (QED) is 0.406. The van der Waals surface area contributed by atoms with Gasteiger partial charge in [0.15, 0.2) is 5.82 Å². The van der Waals surface area contributed by atoms with E-state index in [9.17, 15) is 4.79 Å². The maximum Gasteiger partial charge on any atom is 0.291 e. The van der Waals surface area contributed by atoms with E-state index in [0.29, 0.717) is 21.9 Å². The summed E-state index contributed by atoms with van der Waals surface area (Å²) in [6, 6.07) is 15.4. The number of fused-ring (bicyclic) bond motifs is 1. The molecule has 0 unspecified atom stereocenters. The van der Waals surface area contributed by atoms with Gasteiger partial charge in [0.25, 0.3) is 5.56 Å². The van der Waals surface area contributed by atoms with E-state index in [1.165, 1.54) is 15.9 Å². The largest absolute Gasteiger partial charge is 0.494 e. The van der Waals surface area contributed by atoms with Crippen LogP contribution in [-0.2, 0) is 0 Å². The molecule has 2 aromatic heterocycles. The van der Waals surface area contributed by atoms with E-state index in [1.807, 2.05) is 54.6 Å². The van der Waals surface area contributed by atoms with Crippen LogP contribution < -0.4 is 14.8 Å². The van der Waals surface area contributed by atoms with Gasteiger partial charge in [-0.2, -0.15) is 9.50 Å². The van der Waals surface area contributed by atoms with Crippen molar-refractivity contribution < 1.29 is 4.74 Å². The molecule has 0 atom stereocenters. The zero-order chi connectivity index (χ0) is 19.5. The Balaban J connectivity index is 1.61. The Morgan fingerprint density at radius 2 is 1.89 bits per heavy atom. The van der Waals surface area contributed by atoms with E-state index in [1.54, 1.807) is 0 Å². The number of unbranched alkanes of at least 4 members (excludes halogenated alkanes) is 1.